The molecule has 31 heavy (non-hydrogen) atoms. The Labute approximate surface area is 179 Å². The molecule has 0 fully saturated rings. The lowest BCUT2D eigenvalue weighted by Crippen LogP contribution is -2.30. The average molecular weight is 412 g/mol. The summed E-state index contributed by atoms with van der Waals surface area (Å²) in [6.07, 6.45) is 0. The van der Waals surface area contributed by atoms with Crippen LogP contribution in [0.2, 0.25) is 0 Å². The number of ketones is 1. The number of carbonyl (C=O) groups excluding carboxylic acids is 4. The smallest absolute Gasteiger partial charge is 0.266 e. The highest BCUT2D eigenvalue weighted by Gasteiger charge is 2.37. The Morgan fingerprint density at radius 1 is 0.806 bits per heavy atom. The van der Waals surface area contributed by atoms with Crippen LogP contribution in [0.25, 0.3) is 0 Å². The zero-order chi connectivity index (χ0) is 22.3. The Bertz CT molecular complexity index is 1260. The number of rotatable bonds is 4. The molecular weight excluding hydrogens is 392 g/mol. The van der Waals surface area contributed by atoms with Gasteiger partial charge in [-0.1, -0.05) is 12.1 Å². The standard InChI is InChI=1S/C25H20N2O4/c1-14-5-4-6-22(15(14)2)27-24(30)20-12-9-18(13-21(20)25(27)31)23(29)26-19-10-7-17(8-11-19)16(3)28/h4-13H,1-3H3,(H,26,29). The van der Waals surface area contributed by atoms with Gasteiger partial charge in [0.15, 0.2) is 5.78 Å². The van der Waals surface area contributed by atoms with Gasteiger partial charge in [0.1, 0.15) is 0 Å². The van der Waals surface area contributed by atoms with Gasteiger partial charge in [0, 0.05) is 16.8 Å². The highest BCUT2D eigenvalue weighted by atomic mass is 16.2. The molecule has 1 heterocycles. The number of imide groups is 1. The van der Waals surface area contributed by atoms with Gasteiger partial charge in [-0.15, -0.1) is 0 Å². The fourth-order valence-electron chi connectivity index (χ4n) is 3.57. The summed E-state index contributed by atoms with van der Waals surface area (Å²) in [7, 11) is 0. The van der Waals surface area contributed by atoms with E-state index in [9.17, 15) is 19.2 Å². The van der Waals surface area contributed by atoms with Crippen LogP contribution < -0.4 is 10.2 Å². The molecule has 1 N–H and O–H groups in total. The van der Waals surface area contributed by atoms with E-state index in [4.69, 9.17) is 0 Å². The highest BCUT2D eigenvalue weighted by molar-refractivity contribution is 6.35. The lowest BCUT2D eigenvalue weighted by molar-refractivity contribution is 0.0924. The van der Waals surface area contributed by atoms with Crippen molar-refractivity contribution in [3.63, 3.8) is 0 Å². The molecule has 3 amide bonds. The van der Waals surface area contributed by atoms with Gasteiger partial charge < -0.3 is 5.32 Å². The van der Waals surface area contributed by atoms with Crippen LogP contribution in [0, 0.1) is 13.8 Å². The molecule has 3 aromatic rings. The number of benzene rings is 3. The summed E-state index contributed by atoms with van der Waals surface area (Å²) in [4.78, 5) is 51.2. The zero-order valence-corrected chi connectivity index (χ0v) is 17.4. The van der Waals surface area contributed by atoms with Gasteiger partial charge in [0.25, 0.3) is 17.7 Å². The van der Waals surface area contributed by atoms with E-state index in [1.165, 1.54) is 25.1 Å². The number of nitrogens with one attached hydrogen (secondary N) is 1. The minimum atomic E-state index is -0.450. The van der Waals surface area contributed by atoms with Gasteiger partial charge in [-0.2, -0.15) is 0 Å². The molecule has 0 spiro atoms. The maximum absolute atomic E-state index is 13.0. The predicted molar refractivity (Wildman–Crippen MR) is 118 cm³/mol. The Morgan fingerprint density at radius 3 is 2.13 bits per heavy atom. The molecule has 6 heteroatoms. The second-order valence-corrected chi connectivity index (χ2v) is 7.51. The molecular formula is C25H20N2O4. The largest absolute Gasteiger partial charge is 0.322 e. The first-order valence-electron chi connectivity index (χ1n) is 9.79. The van der Waals surface area contributed by atoms with Crippen molar-refractivity contribution in [3.8, 4) is 0 Å². The number of anilines is 2. The number of carbonyl (C=O) groups is 4. The van der Waals surface area contributed by atoms with Crippen LogP contribution in [0.4, 0.5) is 11.4 Å². The average Bonchev–Trinajstić information content (AvgIpc) is 3.00. The van der Waals surface area contributed by atoms with Crippen molar-refractivity contribution in [2.24, 2.45) is 0 Å². The van der Waals surface area contributed by atoms with Crippen molar-refractivity contribution in [2.75, 3.05) is 10.2 Å². The number of Topliss-reactive ketones (excluding diaryl/α,β-unsaturated/α-hetero) is 1. The van der Waals surface area contributed by atoms with E-state index in [-0.39, 0.29) is 22.5 Å². The first kappa shape index (κ1) is 20.2. The minimum Gasteiger partial charge on any atom is -0.322 e. The summed E-state index contributed by atoms with van der Waals surface area (Å²) in [5, 5.41) is 2.74. The van der Waals surface area contributed by atoms with Crippen molar-refractivity contribution >= 4 is 34.9 Å². The summed E-state index contributed by atoms with van der Waals surface area (Å²) >= 11 is 0. The van der Waals surface area contributed by atoms with Gasteiger partial charge in [-0.3, -0.25) is 19.2 Å². The fourth-order valence-corrected chi connectivity index (χ4v) is 3.57. The number of amides is 3. The molecule has 1 aliphatic heterocycles. The summed E-state index contributed by atoms with van der Waals surface area (Å²) in [6, 6.07) is 16.5. The maximum Gasteiger partial charge on any atom is 0.266 e. The molecule has 0 saturated heterocycles. The second kappa shape index (κ2) is 7.65. The van der Waals surface area contributed by atoms with Gasteiger partial charge in [0.2, 0.25) is 0 Å². The zero-order valence-electron chi connectivity index (χ0n) is 17.4. The molecule has 0 aromatic heterocycles. The van der Waals surface area contributed by atoms with Crippen LogP contribution in [0.3, 0.4) is 0 Å². The first-order valence-corrected chi connectivity index (χ1v) is 9.79. The third-order valence-corrected chi connectivity index (χ3v) is 5.51. The van der Waals surface area contributed by atoms with Gasteiger partial charge in [-0.25, -0.2) is 4.90 Å². The second-order valence-electron chi connectivity index (χ2n) is 7.51. The molecule has 0 aliphatic carbocycles. The molecule has 6 nitrogen and oxygen atoms in total. The summed E-state index contributed by atoms with van der Waals surface area (Å²) in [5.74, 6) is -1.33. The monoisotopic (exact) mass is 412 g/mol. The van der Waals surface area contributed by atoms with E-state index < -0.39 is 17.7 Å². The quantitative estimate of drug-likeness (QED) is 0.503. The van der Waals surface area contributed by atoms with Gasteiger partial charge in [0.05, 0.1) is 16.8 Å². The molecule has 0 unspecified atom stereocenters. The Balaban J connectivity index is 1.61. The van der Waals surface area contributed by atoms with E-state index in [0.717, 1.165) is 16.0 Å². The van der Waals surface area contributed by atoms with Crippen molar-refractivity contribution in [2.45, 2.75) is 20.8 Å². The third-order valence-electron chi connectivity index (χ3n) is 5.51. The van der Waals surface area contributed by atoms with Crippen LogP contribution in [-0.2, 0) is 0 Å². The summed E-state index contributed by atoms with van der Waals surface area (Å²) in [5.41, 5.74) is 4.18. The fraction of sp³-hybridized carbons (Fsp3) is 0.120. The van der Waals surface area contributed by atoms with Gasteiger partial charge in [-0.05, 0) is 80.4 Å². The topological polar surface area (TPSA) is 83.6 Å². The van der Waals surface area contributed by atoms with Crippen LogP contribution in [0.1, 0.15) is 59.5 Å². The molecule has 0 saturated carbocycles. The Kier molecular flexibility index (Phi) is 4.99. The van der Waals surface area contributed by atoms with E-state index in [0.29, 0.717) is 16.9 Å². The van der Waals surface area contributed by atoms with Gasteiger partial charge >= 0.3 is 0 Å². The molecule has 0 bridgehead atoms. The predicted octanol–water partition coefficient (Wildman–Crippen LogP) is 4.56. The van der Waals surface area contributed by atoms with Crippen molar-refractivity contribution in [1.29, 1.82) is 0 Å². The van der Waals surface area contributed by atoms with E-state index in [2.05, 4.69) is 5.32 Å². The highest BCUT2D eigenvalue weighted by Crippen LogP contribution is 2.32. The van der Waals surface area contributed by atoms with Crippen LogP contribution >= 0.6 is 0 Å². The molecule has 154 valence electrons. The maximum atomic E-state index is 13.0. The number of hydrogen-bond donors (Lipinski definition) is 1. The molecule has 0 atom stereocenters. The lowest BCUT2D eigenvalue weighted by atomic mass is 10.1. The first-order chi connectivity index (χ1) is 14.8. The Hall–Kier alpha value is -4.06. The summed E-state index contributed by atoms with van der Waals surface area (Å²) < 4.78 is 0. The third kappa shape index (κ3) is 3.53. The molecule has 4 rings (SSSR count). The van der Waals surface area contributed by atoms with Crippen molar-refractivity contribution < 1.29 is 19.2 Å². The number of nitrogens with zero attached hydrogens (tertiary/aromatic N) is 1. The summed E-state index contributed by atoms with van der Waals surface area (Å²) in [6.45, 7) is 5.25. The molecule has 3 aromatic carbocycles. The van der Waals surface area contributed by atoms with Crippen LogP contribution in [-0.4, -0.2) is 23.5 Å². The van der Waals surface area contributed by atoms with Crippen LogP contribution in [0.15, 0.2) is 60.7 Å². The van der Waals surface area contributed by atoms with Crippen LogP contribution in [0.5, 0.6) is 0 Å². The van der Waals surface area contributed by atoms with E-state index >= 15 is 0 Å². The molecule has 1 aliphatic rings. The number of fused-ring (bicyclic) bond motifs is 1. The van der Waals surface area contributed by atoms with E-state index in [1.807, 2.05) is 19.9 Å². The van der Waals surface area contributed by atoms with Crippen molar-refractivity contribution in [3.05, 3.63) is 94.0 Å². The normalized spacial score (nSPS) is 12.7. The number of aryl methyl sites for hydroxylation is 1. The van der Waals surface area contributed by atoms with E-state index in [1.54, 1.807) is 36.4 Å². The Morgan fingerprint density at radius 2 is 1.45 bits per heavy atom. The molecule has 0 radical (unpaired) electrons. The number of hydrogen-bond acceptors (Lipinski definition) is 4. The minimum absolute atomic E-state index is 0.0620. The SMILES string of the molecule is CC(=O)c1ccc(NC(=O)c2ccc3c(c2)C(=O)N(c2cccc(C)c2C)C3=O)cc1. The van der Waals surface area contributed by atoms with Crippen molar-refractivity contribution in [1.82, 2.24) is 0 Å². The lowest BCUT2D eigenvalue weighted by Gasteiger charge is -2.17.